The van der Waals surface area contributed by atoms with Gasteiger partial charge in [0, 0.05) is 57.7 Å². The highest BCUT2D eigenvalue weighted by molar-refractivity contribution is 5.94. The van der Waals surface area contributed by atoms with Crippen LogP contribution in [0.4, 0.5) is 17.1 Å². The van der Waals surface area contributed by atoms with Gasteiger partial charge in [-0.15, -0.1) is 0 Å². The molecule has 0 aliphatic heterocycles. The fraction of sp³-hybridized carbons (Fsp3) is 0. The van der Waals surface area contributed by atoms with Gasteiger partial charge in [-0.3, -0.25) is 9.97 Å². The van der Waals surface area contributed by atoms with Gasteiger partial charge in [0.25, 0.3) is 0 Å². The molecule has 0 amide bonds. The molecule has 5 aromatic carbocycles. The number of hydrogen-bond donors (Lipinski definition) is 0. The van der Waals surface area contributed by atoms with Gasteiger partial charge in [0.05, 0.1) is 16.7 Å². The van der Waals surface area contributed by atoms with E-state index in [-0.39, 0.29) is 0 Å². The summed E-state index contributed by atoms with van der Waals surface area (Å²) < 4.78 is 6.05. The first-order valence-corrected chi connectivity index (χ1v) is 15.8. The third-order valence-corrected chi connectivity index (χ3v) is 8.62. The SMILES string of the molecule is c1ccc(-c2cc(-c3ccc(N(c4ccc(-c5nc6ccccc6o5)cc4)c4ccc5cnccc5c4)cc3)nc3cccnc23)cc1. The summed E-state index contributed by atoms with van der Waals surface area (Å²) in [5, 5.41) is 2.21. The number of nitrogens with zero attached hydrogens (tertiary/aromatic N) is 5. The third-order valence-electron chi connectivity index (χ3n) is 8.62. The summed E-state index contributed by atoms with van der Waals surface area (Å²) in [6, 6.07) is 49.7. The molecule has 6 heteroatoms. The van der Waals surface area contributed by atoms with E-state index in [2.05, 4.69) is 112 Å². The minimum absolute atomic E-state index is 0.602. The van der Waals surface area contributed by atoms with Crippen LogP contribution < -0.4 is 4.90 Å². The highest BCUT2D eigenvalue weighted by atomic mass is 16.3. The Labute approximate surface area is 276 Å². The van der Waals surface area contributed by atoms with E-state index in [1.165, 1.54) is 0 Å². The second-order valence-electron chi connectivity index (χ2n) is 11.6. The normalized spacial score (nSPS) is 11.3. The summed E-state index contributed by atoms with van der Waals surface area (Å²) in [4.78, 5) is 20.9. The van der Waals surface area contributed by atoms with Crippen LogP contribution >= 0.6 is 0 Å². The Kier molecular flexibility index (Phi) is 6.68. The van der Waals surface area contributed by atoms with E-state index in [9.17, 15) is 0 Å². The van der Waals surface area contributed by atoms with Crippen LogP contribution in [0.5, 0.6) is 0 Å². The second-order valence-corrected chi connectivity index (χ2v) is 11.6. The first kappa shape index (κ1) is 27.6. The fourth-order valence-electron chi connectivity index (χ4n) is 6.23. The Balaban J connectivity index is 1.13. The molecule has 0 unspecified atom stereocenters. The minimum atomic E-state index is 0.602. The Hall–Kier alpha value is -6.66. The lowest BCUT2D eigenvalue weighted by molar-refractivity contribution is 0.620. The van der Waals surface area contributed by atoms with Crippen molar-refractivity contribution in [3.05, 3.63) is 164 Å². The van der Waals surface area contributed by atoms with E-state index in [1.807, 2.05) is 67.1 Å². The number of hydrogen-bond acceptors (Lipinski definition) is 6. The van der Waals surface area contributed by atoms with Gasteiger partial charge in [0.2, 0.25) is 5.89 Å². The molecule has 0 fully saturated rings. The molecule has 226 valence electrons. The Morgan fingerprint density at radius 1 is 0.500 bits per heavy atom. The highest BCUT2D eigenvalue weighted by Gasteiger charge is 2.16. The quantitative estimate of drug-likeness (QED) is 0.185. The van der Waals surface area contributed by atoms with Crippen molar-refractivity contribution in [3.63, 3.8) is 0 Å². The van der Waals surface area contributed by atoms with Crippen LogP contribution in [0.1, 0.15) is 0 Å². The Morgan fingerprint density at radius 3 is 2.04 bits per heavy atom. The molecule has 4 heterocycles. The number of anilines is 3. The van der Waals surface area contributed by atoms with Gasteiger partial charge in [0.15, 0.2) is 5.58 Å². The number of fused-ring (bicyclic) bond motifs is 3. The van der Waals surface area contributed by atoms with Crippen molar-refractivity contribution in [1.82, 2.24) is 19.9 Å². The average Bonchev–Trinajstić information content (AvgIpc) is 3.60. The summed E-state index contributed by atoms with van der Waals surface area (Å²) in [6.45, 7) is 0. The zero-order chi connectivity index (χ0) is 31.9. The summed E-state index contributed by atoms with van der Waals surface area (Å²) in [5.74, 6) is 0.602. The number of para-hydroxylation sites is 2. The Morgan fingerprint density at radius 2 is 1.23 bits per heavy atom. The number of oxazole rings is 1. The molecule has 0 saturated carbocycles. The first-order chi connectivity index (χ1) is 23.8. The van der Waals surface area contributed by atoms with Gasteiger partial charge in [0.1, 0.15) is 5.52 Å². The van der Waals surface area contributed by atoms with Crippen LogP contribution in [-0.2, 0) is 0 Å². The Bertz CT molecular complexity index is 2530. The van der Waals surface area contributed by atoms with Gasteiger partial charge in [-0.25, -0.2) is 9.97 Å². The monoisotopic (exact) mass is 617 g/mol. The van der Waals surface area contributed by atoms with E-state index in [4.69, 9.17) is 14.4 Å². The third kappa shape index (κ3) is 5.02. The van der Waals surface area contributed by atoms with Crippen LogP contribution in [0.2, 0.25) is 0 Å². The molecule has 0 radical (unpaired) electrons. The maximum Gasteiger partial charge on any atom is 0.227 e. The van der Waals surface area contributed by atoms with Crippen molar-refractivity contribution in [2.75, 3.05) is 4.90 Å². The van der Waals surface area contributed by atoms with Crippen molar-refractivity contribution in [2.24, 2.45) is 0 Å². The minimum Gasteiger partial charge on any atom is -0.436 e. The molecule has 9 aromatic rings. The molecule has 6 nitrogen and oxygen atoms in total. The molecule has 0 aliphatic rings. The molecule has 0 atom stereocenters. The van der Waals surface area contributed by atoms with Gasteiger partial charge >= 0.3 is 0 Å². The molecule has 48 heavy (non-hydrogen) atoms. The number of pyridine rings is 3. The molecule has 0 saturated heterocycles. The van der Waals surface area contributed by atoms with E-state index < -0.39 is 0 Å². The zero-order valence-corrected chi connectivity index (χ0v) is 25.7. The summed E-state index contributed by atoms with van der Waals surface area (Å²) >= 11 is 0. The maximum atomic E-state index is 6.05. The predicted molar refractivity (Wildman–Crippen MR) is 193 cm³/mol. The van der Waals surface area contributed by atoms with Gasteiger partial charge in [-0.2, -0.15) is 0 Å². The summed E-state index contributed by atoms with van der Waals surface area (Å²) in [6.07, 6.45) is 5.54. The summed E-state index contributed by atoms with van der Waals surface area (Å²) in [7, 11) is 0. The van der Waals surface area contributed by atoms with Crippen molar-refractivity contribution < 1.29 is 4.42 Å². The molecular formula is C42H27N5O. The lowest BCUT2D eigenvalue weighted by Gasteiger charge is -2.26. The predicted octanol–water partition coefficient (Wildman–Crippen LogP) is 10.8. The van der Waals surface area contributed by atoms with Crippen molar-refractivity contribution in [3.8, 4) is 33.8 Å². The van der Waals surface area contributed by atoms with E-state index in [0.717, 1.165) is 77.9 Å². The lowest BCUT2D eigenvalue weighted by Crippen LogP contribution is -2.10. The standard InChI is InChI=1S/C42H27N5O/c1-2-7-28(8-3-1)36-26-39(45-38-10-6-23-44-41(36)38)29-12-17-33(18-13-29)47(35-21-16-32-27-43-24-22-31(32)25-35)34-19-14-30(15-20-34)42-46-37-9-4-5-11-40(37)48-42/h1-27H. The molecule has 0 bridgehead atoms. The number of aromatic nitrogens is 4. The largest absolute Gasteiger partial charge is 0.436 e. The molecule has 4 aromatic heterocycles. The number of benzene rings is 5. The van der Waals surface area contributed by atoms with E-state index in [1.54, 1.807) is 0 Å². The molecular weight excluding hydrogens is 590 g/mol. The van der Waals surface area contributed by atoms with E-state index >= 15 is 0 Å². The van der Waals surface area contributed by atoms with Crippen molar-refractivity contribution in [2.45, 2.75) is 0 Å². The van der Waals surface area contributed by atoms with Crippen LogP contribution in [-0.4, -0.2) is 19.9 Å². The van der Waals surface area contributed by atoms with Crippen LogP contribution in [0.25, 0.3) is 66.7 Å². The number of rotatable bonds is 6. The first-order valence-electron chi connectivity index (χ1n) is 15.8. The zero-order valence-electron chi connectivity index (χ0n) is 25.7. The maximum absolute atomic E-state index is 6.05. The summed E-state index contributed by atoms with van der Waals surface area (Å²) in [5.41, 5.74) is 11.5. The van der Waals surface area contributed by atoms with Gasteiger partial charge in [-0.05, 0) is 95.9 Å². The van der Waals surface area contributed by atoms with Gasteiger partial charge < -0.3 is 9.32 Å². The average molecular weight is 618 g/mol. The lowest BCUT2D eigenvalue weighted by atomic mass is 10.0. The molecule has 0 N–H and O–H groups in total. The van der Waals surface area contributed by atoms with Gasteiger partial charge in [-0.1, -0.05) is 60.7 Å². The van der Waals surface area contributed by atoms with Crippen LogP contribution in [0.15, 0.2) is 169 Å². The van der Waals surface area contributed by atoms with E-state index in [0.29, 0.717) is 5.89 Å². The fourth-order valence-corrected chi connectivity index (χ4v) is 6.23. The van der Waals surface area contributed by atoms with Crippen molar-refractivity contribution in [1.29, 1.82) is 0 Å². The smallest absolute Gasteiger partial charge is 0.227 e. The molecule has 0 aliphatic carbocycles. The van der Waals surface area contributed by atoms with Crippen LogP contribution in [0.3, 0.4) is 0 Å². The topological polar surface area (TPSA) is 67.9 Å². The molecule has 9 rings (SSSR count). The molecule has 0 spiro atoms. The second kappa shape index (κ2) is 11.6. The highest BCUT2D eigenvalue weighted by Crippen LogP contribution is 2.38. The van der Waals surface area contributed by atoms with Crippen LogP contribution in [0, 0.1) is 0 Å². The van der Waals surface area contributed by atoms with Crippen molar-refractivity contribution >= 4 is 50.0 Å².